The number of benzene rings is 2. The van der Waals surface area contributed by atoms with E-state index in [1.54, 1.807) is 24.5 Å². The molecule has 2 nitrogen and oxygen atoms in total. The van der Waals surface area contributed by atoms with Crippen LogP contribution >= 0.6 is 11.6 Å². The smallest absolute Gasteiger partial charge is 0.123 e. The van der Waals surface area contributed by atoms with Gasteiger partial charge in [-0.25, -0.2) is 4.39 Å². The maximum Gasteiger partial charge on any atom is 0.123 e. The molecule has 2 aromatic carbocycles. The van der Waals surface area contributed by atoms with Crippen LogP contribution in [0.5, 0.6) is 0 Å². The third-order valence-electron chi connectivity index (χ3n) is 3.39. The molecule has 0 aliphatic heterocycles. The average molecular weight is 313 g/mol. The Balaban J connectivity index is 2.00. The standard InChI is InChI=1S/C18H14ClFN2/c19-16-5-1-2-6-17(16)22-18(14-4-3-11-21-12-14)13-7-9-15(20)10-8-13/h1-12,18,22H. The van der Waals surface area contributed by atoms with Gasteiger partial charge < -0.3 is 5.32 Å². The van der Waals surface area contributed by atoms with Crippen LogP contribution in [0.15, 0.2) is 73.1 Å². The highest BCUT2D eigenvalue weighted by Crippen LogP contribution is 2.30. The fourth-order valence-electron chi connectivity index (χ4n) is 2.29. The zero-order valence-electron chi connectivity index (χ0n) is 11.7. The fraction of sp³-hybridized carbons (Fsp3) is 0.0556. The molecule has 3 rings (SSSR count). The van der Waals surface area contributed by atoms with E-state index in [1.165, 1.54) is 12.1 Å². The van der Waals surface area contributed by atoms with Crippen LogP contribution in [0.1, 0.15) is 17.2 Å². The van der Waals surface area contributed by atoms with E-state index in [9.17, 15) is 4.39 Å². The first kappa shape index (κ1) is 14.5. The van der Waals surface area contributed by atoms with Gasteiger partial charge in [-0.15, -0.1) is 0 Å². The summed E-state index contributed by atoms with van der Waals surface area (Å²) in [6, 6.07) is 17.7. The van der Waals surface area contributed by atoms with E-state index in [1.807, 2.05) is 36.4 Å². The monoisotopic (exact) mass is 312 g/mol. The highest BCUT2D eigenvalue weighted by atomic mass is 35.5. The number of para-hydroxylation sites is 1. The average Bonchev–Trinajstić information content (AvgIpc) is 2.56. The number of hydrogen-bond donors (Lipinski definition) is 1. The molecule has 3 aromatic rings. The fourth-order valence-corrected chi connectivity index (χ4v) is 2.49. The molecule has 110 valence electrons. The zero-order valence-corrected chi connectivity index (χ0v) is 12.5. The molecule has 1 unspecified atom stereocenters. The van der Waals surface area contributed by atoms with Gasteiger partial charge in [0, 0.05) is 12.4 Å². The van der Waals surface area contributed by atoms with Crippen molar-refractivity contribution in [3.05, 3.63) is 95.0 Å². The molecule has 0 fully saturated rings. The zero-order chi connectivity index (χ0) is 15.4. The second-order valence-corrected chi connectivity index (χ2v) is 5.30. The van der Waals surface area contributed by atoms with Crippen LogP contribution in [-0.2, 0) is 0 Å². The van der Waals surface area contributed by atoms with Crippen LogP contribution in [0.25, 0.3) is 0 Å². The van der Waals surface area contributed by atoms with Crippen molar-refractivity contribution in [2.45, 2.75) is 6.04 Å². The van der Waals surface area contributed by atoms with Gasteiger partial charge in [0.2, 0.25) is 0 Å². The van der Waals surface area contributed by atoms with Crippen LogP contribution in [0, 0.1) is 5.82 Å². The number of pyridine rings is 1. The maximum absolute atomic E-state index is 13.2. The van der Waals surface area contributed by atoms with E-state index in [-0.39, 0.29) is 11.9 Å². The summed E-state index contributed by atoms with van der Waals surface area (Å²) < 4.78 is 13.2. The van der Waals surface area contributed by atoms with E-state index in [0.717, 1.165) is 16.8 Å². The van der Waals surface area contributed by atoms with Gasteiger partial charge >= 0.3 is 0 Å². The third-order valence-corrected chi connectivity index (χ3v) is 3.72. The van der Waals surface area contributed by atoms with Gasteiger partial charge in [-0.3, -0.25) is 4.98 Å². The van der Waals surface area contributed by atoms with E-state index < -0.39 is 0 Å². The molecule has 0 bridgehead atoms. The van der Waals surface area contributed by atoms with Gasteiger partial charge in [0.05, 0.1) is 16.8 Å². The molecule has 1 N–H and O–H groups in total. The summed E-state index contributed by atoms with van der Waals surface area (Å²) in [6.07, 6.45) is 3.51. The largest absolute Gasteiger partial charge is 0.373 e. The van der Waals surface area contributed by atoms with Gasteiger partial charge in [0.25, 0.3) is 0 Å². The molecular formula is C18H14ClFN2. The molecule has 0 radical (unpaired) electrons. The number of aromatic nitrogens is 1. The predicted octanol–water partition coefficient (Wildman–Crippen LogP) is 5.08. The molecule has 0 saturated heterocycles. The van der Waals surface area contributed by atoms with Crippen LogP contribution < -0.4 is 5.32 Å². The second kappa shape index (κ2) is 6.58. The van der Waals surface area contributed by atoms with Gasteiger partial charge in [-0.2, -0.15) is 0 Å². The van der Waals surface area contributed by atoms with E-state index >= 15 is 0 Å². The lowest BCUT2D eigenvalue weighted by atomic mass is 10.00. The lowest BCUT2D eigenvalue weighted by Gasteiger charge is -2.21. The minimum Gasteiger partial charge on any atom is -0.373 e. The van der Waals surface area contributed by atoms with Crippen LogP contribution in [0.3, 0.4) is 0 Å². The molecule has 22 heavy (non-hydrogen) atoms. The summed E-state index contributed by atoms with van der Waals surface area (Å²) in [5, 5.41) is 4.04. The number of halogens is 2. The van der Waals surface area contributed by atoms with Gasteiger partial charge in [-0.05, 0) is 41.5 Å². The van der Waals surface area contributed by atoms with Crippen molar-refractivity contribution in [1.82, 2.24) is 4.98 Å². The maximum atomic E-state index is 13.2. The Morgan fingerprint density at radius 3 is 2.36 bits per heavy atom. The number of anilines is 1. The minimum atomic E-state index is -0.258. The molecule has 1 aromatic heterocycles. The Kier molecular flexibility index (Phi) is 4.35. The van der Waals surface area contributed by atoms with Gasteiger partial charge in [0.1, 0.15) is 5.82 Å². The number of hydrogen-bond acceptors (Lipinski definition) is 2. The van der Waals surface area contributed by atoms with Crippen LogP contribution in [-0.4, -0.2) is 4.98 Å². The molecule has 0 aliphatic rings. The van der Waals surface area contributed by atoms with Gasteiger partial charge in [0.15, 0.2) is 0 Å². The van der Waals surface area contributed by atoms with Crippen molar-refractivity contribution in [2.24, 2.45) is 0 Å². The molecule has 0 saturated carbocycles. The normalized spacial score (nSPS) is 11.9. The van der Waals surface area contributed by atoms with Crippen LogP contribution in [0.2, 0.25) is 5.02 Å². The highest BCUT2D eigenvalue weighted by molar-refractivity contribution is 6.33. The number of nitrogens with one attached hydrogen (secondary N) is 1. The quantitative estimate of drug-likeness (QED) is 0.727. The number of rotatable bonds is 4. The Morgan fingerprint density at radius 2 is 1.68 bits per heavy atom. The summed E-state index contributed by atoms with van der Waals surface area (Å²) in [5.74, 6) is -0.258. The highest BCUT2D eigenvalue weighted by Gasteiger charge is 2.15. The number of nitrogens with zero attached hydrogens (tertiary/aromatic N) is 1. The van der Waals surface area contributed by atoms with E-state index in [2.05, 4.69) is 10.3 Å². The first-order chi connectivity index (χ1) is 10.7. The van der Waals surface area contributed by atoms with Crippen molar-refractivity contribution < 1.29 is 4.39 Å². The molecule has 0 aliphatic carbocycles. The minimum absolute atomic E-state index is 0.158. The predicted molar refractivity (Wildman–Crippen MR) is 87.6 cm³/mol. The van der Waals surface area contributed by atoms with Crippen LogP contribution in [0.4, 0.5) is 10.1 Å². The first-order valence-corrected chi connectivity index (χ1v) is 7.28. The molecule has 1 heterocycles. The first-order valence-electron chi connectivity index (χ1n) is 6.90. The van der Waals surface area contributed by atoms with Crippen molar-refractivity contribution in [2.75, 3.05) is 5.32 Å². The van der Waals surface area contributed by atoms with E-state index in [4.69, 9.17) is 11.6 Å². The molecule has 0 amide bonds. The molecular weight excluding hydrogens is 299 g/mol. The summed E-state index contributed by atoms with van der Waals surface area (Å²) in [6.45, 7) is 0. The molecule has 1 atom stereocenters. The Hall–Kier alpha value is -2.39. The van der Waals surface area contributed by atoms with E-state index in [0.29, 0.717) is 5.02 Å². The molecule has 0 spiro atoms. The molecule has 4 heteroatoms. The topological polar surface area (TPSA) is 24.9 Å². The van der Waals surface area contributed by atoms with Crippen molar-refractivity contribution in [3.8, 4) is 0 Å². The Labute approximate surface area is 133 Å². The summed E-state index contributed by atoms with van der Waals surface area (Å²) in [7, 11) is 0. The second-order valence-electron chi connectivity index (χ2n) is 4.90. The van der Waals surface area contributed by atoms with Gasteiger partial charge in [-0.1, -0.05) is 41.9 Å². The third kappa shape index (κ3) is 3.26. The SMILES string of the molecule is Fc1ccc(C(Nc2ccccc2Cl)c2cccnc2)cc1. The Morgan fingerprint density at radius 1 is 0.909 bits per heavy atom. The van der Waals surface area contributed by atoms with Crippen molar-refractivity contribution in [3.63, 3.8) is 0 Å². The Bertz CT molecular complexity index is 745. The summed E-state index contributed by atoms with van der Waals surface area (Å²) in [4.78, 5) is 4.17. The lowest BCUT2D eigenvalue weighted by molar-refractivity contribution is 0.626. The van der Waals surface area contributed by atoms with Crippen molar-refractivity contribution >= 4 is 17.3 Å². The lowest BCUT2D eigenvalue weighted by Crippen LogP contribution is -2.13. The van der Waals surface area contributed by atoms with Crippen molar-refractivity contribution in [1.29, 1.82) is 0 Å². The summed E-state index contributed by atoms with van der Waals surface area (Å²) in [5.41, 5.74) is 2.74. The summed E-state index contributed by atoms with van der Waals surface area (Å²) >= 11 is 6.23.